The molecule has 4 nitrogen and oxygen atoms in total. The van der Waals surface area contributed by atoms with Crippen LogP contribution in [0.25, 0.3) is 10.9 Å². The number of H-pyrrole nitrogens is 1. The monoisotopic (exact) mass is 231 g/mol. The molecule has 4 N–H and O–H groups in total. The lowest BCUT2D eigenvalue weighted by molar-refractivity contribution is 0.0916. The van der Waals surface area contributed by atoms with Crippen molar-refractivity contribution in [2.45, 2.75) is 19.4 Å². The molecule has 1 amide bonds. The van der Waals surface area contributed by atoms with Crippen LogP contribution in [-0.4, -0.2) is 23.0 Å². The van der Waals surface area contributed by atoms with Gasteiger partial charge in [-0.15, -0.1) is 0 Å². The molecule has 2 aromatic rings. The number of aromatic amines is 1. The van der Waals surface area contributed by atoms with Crippen molar-refractivity contribution in [3.63, 3.8) is 0 Å². The number of carbonyl (C=O) groups excluding carboxylic acids is 1. The van der Waals surface area contributed by atoms with E-state index in [2.05, 4.69) is 10.3 Å². The highest BCUT2D eigenvalue weighted by molar-refractivity contribution is 5.98. The Hall–Kier alpha value is -1.81. The van der Waals surface area contributed by atoms with Crippen LogP contribution in [0.3, 0.4) is 0 Å². The summed E-state index contributed by atoms with van der Waals surface area (Å²) < 4.78 is 0. The predicted molar refractivity (Wildman–Crippen MR) is 68.9 cm³/mol. The summed E-state index contributed by atoms with van der Waals surface area (Å²) >= 11 is 0. The van der Waals surface area contributed by atoms with E-state index in [1.165, 1.54) is 0 Å². The van der Waals surface area contributed by atoms with Crippen molar-refractivity contribution in [2.24, 2.45) is 5.73 Å². The van der Waals surface area contributed by atoms with Gasteiger partial charge >= 0.3 is 0 Å². The Balaban J connectivity index is 2.24. The molecule has 0 unspecified atom stereocenters. The maximum absolute atomic E-state index is 12.0. The number of aromatic nitrogens is 1. The van der Waals surface area contributed by atoms with Crippen LogP contribution >= 0.6 is 0 Å². The van der Waals surface area contributed by atoms with Crippen LogP contribution in [0, 0.1) is 0 Å². The van der Waals surface area contributed by atoms with Gasteiger partial charge in [0, 0.05) is 29.4 Å². The minimum atomic E-state index is -0.387. The Morgan fingerprint density at radius 2 is 2.18 bits per heavy atom. The molecular weight excluding hydrogens is 214 g/mol. The summed E-state index contributed by atoms with van der Waals surface area (Å²) in [5, 5.41) is 4.00. The normalized spacial score (nSPS) is 11.7. The van der Waals surface area contributed by atoms with E-state index in [0.717, 1.165) is 10.9 Å². The average Bonchev–Trinajstić information content (AvgIpc) is 2.75. The smallest absolute Gasteiger partial charge is 0.251 e. The first-order chi connectivity index (χ1) is 8.02. The van der Waals surface area contributed by atoms with Gasteiger partial charge in [0.25, 0.3) is 5.91 Å². The van der Waals surface area contributed by atoms with E-state index in [-0.39, 0.29) is 11.4 Å². The molecule has 4 heteroatoms. The van der Waals surface area contributed by atoms with Gasteiger partial charge in [-0.1, -0.05) is 6.07 Å². The zero-order valence-electron chi connectivity index (χ0n) is 10.1. The van der Waals surface area contributed by atoms with Gasteiger partial charge in [-0.2, -0.15) is 0 Å². The largest absolute Gasteiger partial charge is 0.361 e. The summed E-state index contributed by atoms with van der Waals surface area (Å²) in [6.07, 6.45) is 1.86. The van der Waals surface area contributed by atoms with Crippen molar-refractivity contribution in [3.8, 4) is 0 Å². The zero-order valence-corrected chi connectivity index (χ0v) is 10.1. The van der Waals surface area contributed by atoms with E-state index in [1.807, 2.05) is 44.3 Å². The molecule has 90 valence electrons. The molecule has 2 rings (SSSR count). The molecule has 0 bridgehead atoms. The standard InChI is InChI=1S/C13H17N3O/c1-13(2,8-14)16-12(17)10-4-3-9-5-6-15-11(9)7-10/h3-7,15H,8,14H2,1-2H3,(H,16,17). The molecule has 0 aliphatic rings. The Morgan fingerprint density at radius 1 is 1.41 bits per heavy atom. The van der Waals surface area contributed by atoms with E-state index in [0.29, 0.717) is 12.1 Å². The van der Waals surface area contributed by atoms with Gasteiger partial charge in [-0.25, -0.2) is 0 Å². The van der Waals surface area contributed by atoms with Crippen molar-refractivity contribution >= 4 is 16.8 Å². The number of nitrogens with two attached hydrogens (primary N) is 1. The summed E-state index contributed by atoms with van der Waals surface area (Å²) in [7, 11) is 0. The lowest BCUT2D eigenvalue weighted by Crippen LogP contribution is -2.48. The number of hydrogen-bond acceptors (Lipinski definition) is 2. The molecule has 0 fully saturated rings. The first-order valence-electron chi connectivity index (χ1n) is 5.61. The molecular formula is C13H17N3O. The quantitative estimate of drug-likeness (QED) is 0.751. The molecule has 1 aromatic carbocycles. The second kappa shape index (κ2) is 4.22. The van der Waals surface area contributed by atoms with Crippen molar-refractivity contribution in [1.29, 1.82) is 0 Å². The van der Waals surface area contributed by atoms with Crippen molar-refractivity contribution in [2.75, 3.05) is 6.54 Å². The average molecular weight is 231 g/mol. The van der Waals surface area contributed by atoms with E-state index in [1.54, 1.807) is 0 Å². The summed E-state index contributed by atoms with van der Waals surface area (Å²) in [5.74, 6) is -0.100. The minimum absolute atomic E-state index is 0.100. The van der Waals surface area contributed by atoms with Crippen LogP contribution in [0.2, 0.25) is 0 Å². The number of fused-ring (bicyclic) bond motifs is 1. The maximum atomic E-state index is 12.0. The molecule has 0 radical (unpaired) electrons. The van der Waals surface area contributed by atoms with Gasteiger partial charge in [-0.3, -0.25) is 4.79 Å². The molecule has 1 heterocycles. The predicted octanol–water partition coefficient (Wildman–Crippen LogP) is 1.63. The summed E-state index contributed by atoms with van der Waals surface area (Å²) in [5.41, 5.74) is 6.80. The van der Waals surface area contributed by atoms with Crippen molar-refractivity contribution in [1.82, 2.24) is 10.3 Å². The van der Waals surface area contributed by atoms with Crippen LogP contribution in [0.15, 0.2) is 30.5 Å². The van der Waals surface area contributed by atoms with E-state index in [4.69, 9.17) is 5.73 Å². The van der Waals surface area contributed by atoms with Gasteiger partial charge in [0.05, 0.1) is 0 Å². The van der Waals surface area contributed by atoms with Gasteiger partial charge in [-0.05, 0) is 37.4 Å². The molecule has 0 atom stereocenters. The van der Waals surface area contributed by atoms with E-state index >= 15 is 0 Å². The number of carbonyl (C=O) groups is 1. The van der Waals surface area contributed by atoms with Crippen LogP contribution in [0.5, 0.6) is 0 Å². The highest BCUT2D eigenvalue weighted by Gasteiger charge is 2.19. The topological polar surface area (TPSA) is 70.9 Å². The summed E-state index contributed by atoms with van der Waals surface area (Å²) in [6, 6.07) is 7.56. The molecule has 0 aliphatic carbocycles. The van der Waals surface area contributed by atoms with Gasteiger partial charge in [0.15, 0.2) is 0 Å². The van der Waals surface area contributed by atoms with Gasteiger partial charge in [0.1, 0.15) is 0 Å². The first-order valence-corrected chi connectivity index (χ1v) is 5.61. The number of benzene rings is 1. The summed E-state index contributed by atoms with van der Waals surface area (Å²) in [4.78, 5) is 15.1. The van der Waals surface area contributed by atoms with Crippen LogP contribution < -0.4 is 11.1 Å². The van der Waals surface area contributed by atoms with Gasteiger partial charge < -0.3 is 16.0 Å². The molecule has 0 saturated heterocycles. The lowest BCUT2D eigenvalue weighted by Gasteiger charge is -2.24. The molecule has 17 heavy (non-hydrogen) atoms. The number of hydrogen-bond donors (Lipinski definition) is 3. The molecule has 0 spiro atoms. The Morgan fingerprint density at radius 3 is 2.88 bits per heavy atom. The third kappa shape index (κ3) is 2.47. The number of amides is 1. The fourth-order valence-electron chi connectivity index (χ4n) is 1.62. The molecule has 1 aromatic heterocycles. The zero-order chi connectivity index (χ0) is 12.5. The SMILES string of the molecule is CC(C)(CN)NC(=O)c1ccc2cc[nH]c2c1. The van der Waals surface area contributed by atoms with Crippen molar-refractivity contribution < 1.29 is 4.79 Å². The highest BCUT2D eigenvalue weighted by atomic mass is 16.1. The first kappa shape index (κ1) is 11.7. The fourth-order valence-corrected chi connectivity index (χ4v) is 1.62. The number of nitrogens with one attached hydrogen (secondary N) is 2. The maximum Gasteiger partial charge on any atom is 0.251 e. The second-order valence-electron chi connectivity index (χ2n) is 4.82. The molecule has 0 saturated carbocycles. The van der Waals surface area contributed by atoms with Crippen LogP contribution in [0.1, 0.15) is 24.2 Å². The Kier molecular flexibility index (Phi) is 2.90. The number of rotatable bonds is 3. The van der Waals surface area contributed by atoms with E-state index in [9.17, 15) is 4.79 Å². The second-order valence-corrected chi connectivity index (χ2v) is 4.82. The highest BCUT2D eigenvalue weighted by Crippen LogP contribution is 2.14. The Labute approximate surface area is 100 Å². The molecule has 0 aliphatic heterocycles. The minimum Gasteiger partial charge on any atom is -0.361 e. The third-order valence-electron chi connectivity index (χ3n) is 2.78. The van der Waals surface area contributed by atoms with E-state index < -0.39 is 0 Å². The van der Waals surface area contributed by atoms with Crippen LogP contribution in [0.4, 0.5) is 0 Å². The lowest BCUT2D eigenvalue weighted by atomic mass is 10.0. The summed E-state index contributed by atoms with van der Waals surface area (Å²) in [6.45, 7) is 4.21. The fraction of sp³-hybridized carbons (Fsp3) is 0.308. The Bertz CT molecular complexity index is 542. The third-order valence-corrected chi connectivity index (χ3v) is 2.78. The van der Waals surface area contributed by atoms with Crippen LogP contribution in [-0.2, 0) is 0 Å². The van der Waals surface area contributed by atoms with Gasteiger partial charge in [0.2, 0.25) is 0 Å². The van der Waals surface area contributed by atoms with Crippen molar-refractivity contribution in [3.05, 3.63) is 36.0 Å².